The molecule has 0 amide bonds. The summed E-state index contributed by atoms with van der Waals surface area (Å²) in [6.07, 6.45) is 8.07. The van der Waals surface area contributed by atoms with Crippen LogP contribution in [-0.4, -0.2) is 20.1 Å². The largest absolute Gasteiger partial charge is 0.506 e. The predicted octanol–water partition coefficient (Wildman–Crippen LogP) is 5.20. The number of fused-ring (bicyclic) bond motifs is 1. The minimum absolute atomic E-state index is 0.238. The van der Waals surface area contributed by atoms with Gasteiger partial charge in [-0.05, 0) is 54.7 Å². The second-order valence-electron chi connectivity index (χ2n) is 6.70. The van der Waals surface area contributed by atoms with Crippen LogP contribution in [0.5, 0.6) is 5.75 Å². The lowest BCUT2D eigenvalue weighted by molar-refractivity contribution is 0.466. The van der Waals surface area contributed by atoms with Gasteiger partial charge in [0.1, 0.15) is 22.5 Å². The average molecular weight is 337 g/mol. The van der Waals surface area contributed by atoms with Crippen LogP contribution in [0.25, 0.3) is 16.7 Å². The van der Waals surface area contributed by atoms with Gasteiger partial charge in [-0.15, -0.1) is 15.0 Å². The summed E-state index contributed by atoms with van der Waals surface area (Å²) in [5, 5.41) is 19.5. The normalized spacial score (nSPS) is 11.3. The van der Waals surface area contributed by atoms with Crippen molar-refractivity contribution in [3.63, 3.8) is 0 Å². The van der Waals surface area contributed by atoms with Crippen molar-refractivity contribution in [3.05, 3.63) is 47.5 Å². The molecule has 132 valence electrons. The van der Waals surface area contributed by atoms with E-state index < -0.39 is 0 Å². The Morgan fingerprint density at radius 2 is 1.56 bits per heavy atom. The van der Waals surface area contributed by atoms with Gasteiger partial charge >= 0.3 is 0 Å². The number of hydrogen-bond acceptors (Lipinski definition) is 3. The van der Waals surface area contributed by atoms with Crippen molar-refractivity contribution in [2.45, 2.75) is 58.8 Å². The summed E-state index contributed by atoms with van der Waals surface area (Å²) in [4.78, 5) is 1.54. The highest BCUT2D eigenvalue weighted by atomic mass is 16.3. The molecule has 0 radical (unpaired) electrons. The van der Waals surface area contributed by atoms with E-state index in [9.17, 15) is 5.11 Å². The third-order valence-corrected chi connectivity index (χ3v) is 4.56. The number of aromatic hydroxyl groups is 1. The second-order valence-corrected chi connectivity index (χ2v) is 6.70. The molecule has 25 heavy (non-hydrogen) atoms. The lowest BCUT2D eigenvalue weighted by Gasteiger charge is -2.06. The molecule has 1 aromatic heterocycles. The topological polar surface area (TPSA) is 50.9 Å². The molecule has 0 unspecified atom stereocenters. The fourth-order valence-electron chi connectivity index (χ4n) is 3.16. The van der Waals surface area contributed by atoms with Gasteiger partial charge in [-0.1, -0.05) is 51.7 Å². The van der Waals surface area contributed by atoms with Crippen molar-refractivity contribution in [3.8, 4) is 11.4 Å². The molecule has 0 saturated carbocycles. The van der Waals surface area contributed by atoms with Crippen LogP contribution in [0.4, 0.5) is 0 Å². The van der Waals surface area contributed by atoms with E-state index in [1.807, 2.05) is 18.2 Å². The molecule has 0 atom stereocenters. The van der Waals surface area contributed by atoms with Crippen molar-refractivity contribution >= 4 is 11.0 Å². The Morgan fingerprint density at radius 1 is 0.800 bits per heavy atom. The van der Waals surface area contributed by atoms with E-state index in [-0.39, 0.29) is 5.75 Å². The molecule has 0 saturated heterocycles. The monoisotopic (exact) mass is 337 g/mol. The molecule has 4 nitrogen and oxygen atoms in total. The van der Waals surface area contributed by atoms with Gasteiger partial charge in [-0.2, -0.15) is 0 Å². The number of unbranched alkanes of at least 4 members (excludes halogenated alkanes) is 3. The summed E-state index contributed by atoms with van der Waals surface area (Å²) in [6.45, 7) is 4.38. The van der Waals surface area contributed by atoms with Crippen LogP contribution in [0.2, 0.25) is 0 Å². The maximum absolute atomic E-state index is 10.4. The molecule has 0 aliphatic carbocycles. The highest BCUT2D eigenvalue weighted by Gasteiger charge is 2.10. The van der Waals surface area contributed by atoms with Gasteiger partial charge in [0.05, 0.1) is 0 Å². The molecular weight excluding hydrogens is 310 g/mol. The second kappa shape index (κ2) is 8.15. The number of rotatable bonds is 8. The maximum atomic E-state index is 10.4. The van der Waals surface area contributed by atoms with Gasteiger partial charge in [0.25, 0.3) is 0 Å². The third kappa shape index (κ3) is 4.19. The fraction of sp³-hybridized carbons (Fsp3) is 0.429. The smallest absolute Gasteiger partial charge is 0.143 e. The Bertz CT molecular complexity index is 838. The highest BCUT2D eigenvalue weighted by Crippen LogP contribution is 2.24. The van der Waals surface area contributed by atoms with Crippen molar-refractivity contribution < 1.29 is 5.11 Å². The fourth-order valence-corrected chi connectivity index (χ4v) is 3.16. The number of benzene rings is 2. The van der Waals surface area contributed by atoms with Gasteiger partial charge in [0.15, 0.2) is 0 Å². The number of hydrogen-bond donors (Lipinski definition) is 1. The Labute approximate surface area is 149 Å². The summed E-state index contributed by atoms with van der Waals surface area (Å²) in [5.74, 6) is 0.238. The first-order valence-corrected chi connectivity index (χ1v) is 9.39. The predicted molar refractivity (Wildman–Crippen MR) is 102 cm³/mol. The molecule has 3 aromatic rings. The number of aromatic nitrogens is 3. The molecular formula is C21H27N3O. The molecule has 2 aromatic carbocycles. The summed E-state index contributed by atoms with van der Waals surface area (Å²) in [7, 11) is 0. The minimum atomic E-state index is 0.238. The Kier molecular flexibility index (Phi) is 5.69. The van der Waals surface area contributed by atoms with Crippen LogP contribution >= 0.6 is 0 Å². The number of aryl methyl sites for hydroxylation is 2. The van der Waals surface area contributed by atoms with Gasteiger partial charge in [0.2, 0.25) is 0 Å². The van der Waals surface area contributed by atoms with Crippen LogP contribution in [0.3, 0.4) is 0 Å². The standard InChI is InChI=1S/C21H27N3O/c1-3-5-6-7-9-17-11-13-20(21(25)15-17)24-22-18-12-10-16(8-4-2)14-19(18)23-24/h10-15,25H,3-9H2,1-2H3. The Balaban J connectivity index is 1.80. The zero-order chi connectivity index (χ0) is 17.6. The highest BCUT2D eigenvalue weighted by molar-refractivity contribution is 5.74. The van der Waals surface area contributed by atoms with E-state index in [1.54, 1.807) is 0 Å². The first-order valence-electron chi connectivity index (χ1n) is 9.39. The Morgan fingerprint density at radius 3 is 2.32 bits per heavy atom. The molecule has 3 rings (SSSR count). The zero-order valence-corrected chi connectivity index (χ0v) is 15.2. The van der Waals surface area contributed by atoms with Gasteiger partial charge < -0.3 is 5.11 Å². The molecule has 0 spiro atoms. The van der Waals surface area contributed by atoms with Gasteiger partial charge in [-0.25, -0.2) is 0 Å². The maximum Gasteiger partial charge on any atom is 0.143 e. The number of phenolic OH excluding ortho intramolecular Hbond substituents is 1. The zero-order valence-electron chi connectivity index (χ0n) is 15.2. The molecule has 0 bridgehead atoms. The lowest BCUT2D eigenvalue weighted by Crippen LogP contribution is -1.99. The lowest BCUT2D eigenvalue weighted by atomic mass is 10.1. The van der Waals surface area contributed by atoms with Gasteiger partial charge in [-0.3, -0.25) is 0 Å². The van der Waals surface area contributed by atoms with Gasteiger partial charge in [0, 0.05) is 0 Å². The number of phenols is 1. The van der Waals surface area contributed by atoms with Crippen LogP contribution < -0.4 is 0 Å². The first-order chi connectivity index (χ1) is 12.2. The van der Waals surface area contributed by atoms with Crippen molar-refractivity contribution in [2.75, 3.05) is 0 Å². The van der Waals surface area contributed by atoms with E-state index >= 15 is 0 Å². The van der Waals surface area contributed by atoms with E-state index in [4.69, 9.17) is 0 Å². The quantitative estimate of drug-likeness (QED) is 0.575. The molecule has 0 aliphatic heterocycles. The average Bonchev–Trinajstić information content (AvgIpc) is 3.02. The molecule has 0 fully saturated rings. The van der Waals surface area contributed by atoms with Crippen molar-refractivity contribution in [1.82, 2.24) is 15.0 Å². The van der Waals surface area contributed by atoms with Crippen LogP contribution in [0.1, 0.15) is 57.1 Å². The molecule has 1 heterocycles. The van der Waals surface area contributed by atoms with E-state index in [0.717, 1.165) is 36.7 Å². The van der Waals surface area contributed by atoms with Crippen molar-refractivity contribution in [2.24, 2.45) is 0 Å². The third-order valence-electron chi connectivity index (χ3n) is 4.56. The summed E-state index contributed by atoms with van der Waals surface area (Å²) in [5.41, 5.74) is 4.79. The molecule has 4 heteroatoms. The van der Waals surface area contributed by atoms with Crippen molar-refractivity contribution in [1.29, 1.82) is 0 Å². The summed E-state index contributed by atoms with van der Waals surface area (Å²) >= 11 is 0. The summed E-state index contributed by atoms with van der Waals surface area (Å²) in [6, 6.07) is 12.0. The van der Waals surface area contributed by atoms with Crippen LogP contribution in [0, 0.1) is 0 Å². The SMILES string of the molecule is CCCCCCc1ccc(-n2nc3ccc(CCC)cc3n2)c(O)c1. The van der Waals surface area contributed by atoms with E-state index in [0.29, 0.717) is 5.69 Å². The van der Waals surface area contributed by atoms with Crippen LogP contribution in [-0.2, 0) is 12.8 Å². The summed E-state index contributed by atoms with van der Waals surface area (Å²) < 4.78 is 0. The van der Waals surface area contributed by atoms with E-state index in [1.165, 1.54) is 35.2 Å². The molecule has 1 N–H and O–H groups in total. The number of nitrogens with zero attached hydrogens (tertiary/aromatic N) is 3. The first kappa shape index (κ1) is 17.5. The minimum Gasteiger partial charge on any atom is -0.506 e. The Hall–Kier alpha value is -2.36. The van der Waals surface area contributed by atoms with Crippen LogP contribution in [0.15, 0.2) is 36.4 Å². The molecule has 0 aliphatic rings. The van der Waals surface area contributed by atoms with E-state index in [2.05, 4.69) is 42.2 Å².